The van der Waals surface area contributed by atoms with Gasteiger partial charge in [0.1, 0.15) is 5.69 Å². The molecule has 0 unspecified atom stereocenters. The Hall–Kier alpha value is -1.48. The van der Waals surface area contributed by atoms with Gasteiger partial charge in [0, 0.05) is 29.0 Å². The van der Waals surface area contributed by atoms with Crippen molar-refractivity contribution in [2.24, 2.45) is 0 Å². The number of fused-ring (bicyclic) bond motifs is 1. The maximum Gasteiger partial charge on any atom is 0.270 e. The molecule has 3 nitrogen and oxygen atoms in total. The molecule has 1 N–H and O–H groups in total. The molecule has 0 bridgehead atoms. The maximum atomic E-state index is 12.5. The minimum Gasteiger partial charge on any atom is -0.350 e. The third-order valence-corrected chi connectivity index (χ3v) is 4.11. The normalized spacial score (nSPS) is 16.0. The minimum atomic E-state index is 0.115. The number of nitrogens with zero attached hydrogens (tertiary/aromatic N) is 1. The lowest BCUT2D eigenvalue weighted by atomic mass is 10.1. The number of nitrogens with one attached hydrogen (secondary N) is 1. The molecule has 100 valence electrons. The van der Waals surface area contributed by atoms with Crippen LogP contribution in [0.1, 0.15) is 35.3 Å². The van der Waals surface area contributed by atoms with Gasteiger partial charge in [-0.3, -0.25) is 4.79 Å². The Morgan fingerprint density at radius 1 is 1.26 bits per heavy atom. The Kier molecular flexibility index (Phi) is 3.23. The molecular formula is C15H17ClN2O. The number of halogens is 1. The van der Waals surface area contributed by atoms with E-state index in [2.05, 4.69) is 4.98 Å². The first-order valence-electron chi connectivity index (χ1n) is 6.74. The van der Waals surface area contributed by atoms with Crippen LogP contribution in [0.5, 0.6) is 0 Å². The molecule has 0 saturated carbocycles. The van der Waals surface area contributed by atoms with Crippen LogP contribution in [0.15, 0.2) is 18.2 Å². The Balaban J connectivity index is 2.00. The lowest BCUT2D eigenvalue weighted by Crippen LogP contribution is -2.36. The molecular weight excluding hydrogens is 260 g/mol. The summed E-state index contributed by atoms with van der Waals surface area (Å²) in [4.78, 5) is 17.7. The van der Waals surface area contributed by atoms with Gasteiger partial charge in [-0.05, 0) is 49.9 Å². The number of likely N-dealkylation sites (tertiary alicyclic amines) is 1. The third kappa shape index (κ3) is 2.23. The average Bonchev–Trinajstić information content (AvgIpc) is 2.76. The van der Waals surface area contributed by atoms with Gasteiger partial charge in [0.15, 0.2) is 0 Å². The predicted octanol–water partition coefficient (Wildman–Crippen LogP) is 3.76. The smallest absolute Gasteiger partial charge is 0.270 e. The second-order valence-corrected chi connectivity index (χ2v) is 5.60. The summed E-state index contributed by atoms with van der Waals surface area (Å²) in [7, 11) is 0. The van der Waals surface area contributed by atoms with Crippen molar-refractivity contribution in [1.29, 1.82) is 0 Å². The number of hydrogen-bond donors (Lipinski definition) is 1. The van der Waals surface area contributed by atoms with Crippen LogP contribution in [0.2, 0.25) is 5.02 Å². The summed E-state index contributed by atoms with van der Waals surface area (Å²) in [6, 6.07) is 5.68. The van der Waals surface area contributed by atoms with Crippen LogP contribution < -0.4 is 0 Å². The van der Waals surface area contributed by atoms with E-state index >= 15 is 0 Å². The highest BCUT2D eigenvalue weighted by atomic mass is 35.5. The first-order chi connectivity index (χ1) is 9.16. The number of carbonyl (C=O) groups excluding carboxylic acids is 1. The van der Waals surface area contributed by atoms with E-state index in [0.717, 1.165) is 42.4 Å². The van der Waals surface area contributed by atoms with Gasteiger partial charge in [0.05, 0.1) is 0 Å². The van der Waals surface area contributed by atoms with E-state index in [1.807, 2.05) is 30.0 Å². The molecule has 19 heavy (non-hydrogen) atoms. The second kappa shape index (κ2) is 4.89. The van der Waals surface area contributed by atoms with E-state index in [0.29, 0.717) is 10.7 Å². The molecule has 0 aliphatic carbocycles. The number of carbonyl (C=O) groups is 1. The van der Waals surface area contributed by atoms with Gasteiger partial charge in [-0.15, -0.1) is 0 Å². The molecule has 1 aliphatic rings. The van der Waals surface area contributed by atoms with Crippen molar-refractivity contribution in [3.63, 3.8) is 0 Å². The molecule has 2 heterocycles. The van der Waals surface area contributed by atoms with Crippen molar-refractivity contribution < 1.29 is 4.79 Å². The lowest BCUT2D eigenvalue weighted by molar-refractivity contribution is 0.0718. The SMILES string of the molecule is Cc1c(C(=O)N2CCCCC2)[nH]c2ccc(Cl)cc12. The van der Waals surface area contributed by atoms with E-state index in [1.54, 1.807) is 0 Å². The zero-order valence-corrected chi connectivity index (χ0v) is 11.8. The summed E-state index contributed by atoms with van der Waals surface area (Å²) in [6.07, 6.45) is 3.44. The van der Waals surface area contributed by atoms with Crippen LogP contribution in [0.3, 0.4) is 0 Å². The molecule has 0 atom stereocenters. The highest BCUT2D eigenvalue weighted by molar-refractivity contribution is 6.31. The quantitative estimate of drug-likeness (QED) is 0.846. The fraction of sp³-hybridized carbons (Fsp3) is 0.400. The topological polar surface area (TPSA) is 36.1 Å². The fourth-order valence-corrected chi connectivity index (χ4v) is 2.94. The number of aromatic nitrogens is 1. The minimum absolute atomic E-state index is 0.115. The molecule has 4 heteroatoms. The molecule has 1 amide bonds. The molecule has 1 fully saturated rings. The summed E-state index contributed by atoms with van der Waals surface area (Å²) in [5.41, 5.74) is 2.68. The summed E-state index contributed by atoms with van der Waals surface area (Å²) in [5.74, 6) is 0.115. The maximum absolute atomic E-state index is 12.5. The molecule has 0 spiro atoms. The van der Waals surface area contributed by atoms with Gasteiger partial charge in [0.25, 0.3) is 5.91 Å². The summed E-state index contributed by atoms with van der Waals surface area (Å²) >= 11 is 6.02. The largest absolute Gasteiger partial charge is 0.350 e. The van der Waals surface area contributed by atoms with Gasteiger partial charge in [0.2, 0.25) is 0 Å². The zero-order valence-electron chi connectivity index (χ0n) is 11.0. The molecule has 3 rings (SSSR count). The molecule has 1 aromatic carbocycles. The Morgan fingerprint density at radius 3 is 2.74 bits per heavy atom. The van der Waals surface area contributed by atoms with E-state index < -0.39 is 0 Å². The number of piperidine rings is 1. The van der Waals surface area contributed by atoms with Crippen LogP contribution in [0.25, 0.3) is 10.9 Å². The monoisotopic (exact) mass is 276 g/mol. The molecule has 1 aromatic heterocycles. The average molecular weight is 277 g/mol. The third-order valence-electron chi connectivity index (χ3n) is 3.88. The molecule has 2 aromatic rings. The first kappa shape index (κ1) is 12.5. The van der Waals surface area contributed by atoms with E-state index in [-0.39, 0.29) is 5.91 Å². The highest BCUT2D eigenvalue weighted by Crippen LogP contribution is 2.26. The van der Waals surface area contributed by atoms with Gasteiger partial charge < -0.3 is 9.88 Å². The highest BCUT2D eigenvalue weighted by Gasteiger charge is 2.22. The Bertz CT molecular complexity index is 626. The van der Waals surface area contributed by atoms with Crippen LogP contribution in [-0.4, -0.2) is 28.9 Å². The van der Waals surface area contributed by atoms with Crippen molar-refractivity contribution >= 4 is 28.4 Å². The van der Waals surface area contributed by atoms with Crippen molar-refractivity contribution in [2.45, 2.75) is 26.2 Å². The van der Waals surface area contributed by atoms with E-state index in [1.165, 1.54) is 6.42 Å². The van der Waals surface area contributed by atoms with Crippen molar-refractivity contribution in [2.75, 3.05) is 13.1 Å². The van der Waals surface area contributed by atoms with Crippen LogP contribution in [0, 0.1) is 6.92 Å². The lowest BCUT2D eigenvalue weighted by Gasteiger charge is -2.26. The van der Waals surface area contributed by atoms with Crippen molar-refractivity contribution in [1.82, 2.24) is 9.88 Å². The van der Waals surface area contributed by atoms with Crippen molar-refractivity contribution in [3.05, 3.63) is 34.5 Å². The van der Waals surface area contributed by atoms with Crippen LogP contribution >= 0.6 is 11.6 Å². The zero-order chi connectivity index (χ0) is 13.4. The summed E-state index contributed by atoms with van der Waals surface area (Å²) in [6.45, 7) is 3.72. The number of aromatic amines is 1. The number of H-pyrrole nitrogens is 1. The second-order valence-electron chi connectivity index (χ2n) is 5.17. The Morgan fingerprint density at radius 2 is 2.00 bits per heavy atom. The Labute approximate surface area is 117 Å². The number of hydrogen-bond acceptors (Lipinski definition) is 1. The van der Waals surface area contributed by atoms with Gasteiger partial charge in [-0.1, -0.05) is 11.6 Å². The van der Waals surface area contributed by atoms with E-state index in [4.69, 9.17) is 11.6 Å². The van der Waals surface area contributed by atoms with E-state index in [9.17, 15) is 4.79 Å². The summed E-state index contributed by atoms with van der Waals surface area (Å²) in [5, 5.41) is 1.74. The van der Waals surface area contributed by atoms with Gasteiger partial charge in [-0.25, -0.2) is 0 Å². The number of rotatable bonds is 1. The first-order valence-corrected chi connectivity index (χ1v) is 7.12. The van der Waals surface area contributed by atoms with Crippen LogP contribution in [0.4, 0.5) is 0 Å². The summed E-state index contributed by atoms with van der Waals surface area (Å²) < 4.78 is 0. The van der Waals surface area contributed by atoms with Crippen LogP contribution in [-0.2, 0) is 0 Å². The fourth-order valence-electron chi connectivity index (χ4n) is 2.77. The van der Waals surface area contributed by atoms with Crippen molar-refractivity contribution in [3.8, 4) is 0 Å². The molecule has 1 saturated heterocycles. The molecule has 0 radical (unpaired) electrons. The predicted molar refractivity (Wildman–Crippen MR) is 77.8 cm³/mol. The number of benzene rings is 1. The number of aryl methyl sites for hydroxylation is 1. The standard InChI is InChI=1S/C15H17ClN2O/c1-10-12-9-11(16)5-6-13(12)17-14(10)15(19)18-7-3-2-4-8-18/h5-6,9,17H,2-4,7-8H2,1H3. The van der Waals surface area contributed by atoms with Gasteiger partial charge >= 0.3 is 0 Å². The van der Waals surface area contributed by atoms with Gasteiger partial charge in [-0.2, -0.15) is 0 Å². The molecule has 1 aliphatic heterocycles. The number of amides is 1.